The van der Waals surface area contributed by atoms with Gasteiger partial charge < -0.3 is 14.4 Å². The molecular weight excluding hydrogens is 434 g/mol. The first-order chi connectivity index (χ1) is 16.2. The van der Waals surface area contributed by atoms with Crippen molar-refractivity contribution in [1.82, 2.24) is 9.88 Å². The topological polar surface area (TPSA) is 54.9 Å². The van der Waals surface area contributed by atoms with Crippen LogP contribution in [-0.2, 0) is 16.1 Å². The first kappa shape index (κ1) is 23.2. The van der Waals surface area contributed by atoms with Crippen LogP contribution in [-0.4, -0.2) is 55.2 Å². The molecule has 1 saturated heterocycles. The van der Waals surface area contributed by atoms with E-state index in [9.17, 15) is 4.79 Å². The number of aromatic nitrogens is 1. The molecule has 4 rings (SSSR count). The molecule has 2 aromatic carbocycles. The highest BCUT2D eigenvalue weighted by Gasteiger charge is 2.16. The Morgan fingerprint density at radius 1 is 1.15 bits per heavy atom. The van der Waals surface area contributed by atoms with Gasteiger partial charge in [0.1, 0.15) is 12.4 Å². The van der Waals surface area contributed by atoms with E-state index in [1.807, 2.05) is 77.9 Å². The van der Waals surface area contributed by atoms with Gasteiger partial charge in [0.25, 0.3) is 5.91 Å². The quantitative estimate of drug-likeness (QED) is 0.440. The molecule has 172 valence electrons. The zero-order valence-electron chi connectivity index (χ0n) is 18.9. The largest absolute Gasteiger partial charge is 0.487 e. The molecule has 0 aliphatic carbocycles. The van der Waals surface area contributed by atoms with Crippen molar-refractivity contribution in [2.24, 2.45) is 0 Å². The van der Waals surface area contributed by atoms with Crippen LogP contribution < -0.4 is 9.64 Å². The molecule has 1 aliphatic rings. The van der Waals surface area contributed by atoms with E-state index >= 15 is 0 Å². The smallest absolute Gasteiger partial charge is 0.251 e. The summed E-state index contributed by atoms with van der Waals surface area (Å²) in [6.45, 7) is 7.21. The van der Waals surface area contributed by atoms with Gasteiger partial charge in [0.05, 0.1) is 23.9 Å². The molecule has 0 spiro atoms. The van der Waals surface area contributed by atoms with Gasteiger partial charge in [0.2, 0.25) is 0 Å². The predicted molar refractivity (Wildman–Crippen MR) is 133 cm³/mol. The number of hydrogen-bond acceptors (Lipinski definition) is 6. The summed E-state index contributed by atoms with van der Waals surface area (Å²) in [5, 5.41) is 3.04. The number of anilines is 1. The summed E-state index contributed by atoms with van der Waals surface area (Å²) in [7, 11) is 0. The fourth-order valence-electron chi connectivity index (χ4n) is 3.61. The number of morpholine rings is 1. The number of amides is 1. The van der Waals surface area contributed by atoms with Gasteiger partial charge in [-0.05, 0) is 42.8 Å². The second kappa shape index (κ2) is 11.7. The third kappa shape index (κ3) is 6.99. The van der Waals surface area contributed by atoms with Crippen LogP contribution in [0.4, 0.5) is 5.69 Å². The highest BCUT2D eigenvalue weighted by atomic mass is 32.1. The zero-order chi connectivity index (χ0) is 22.9. The van der Waals surface area contributed by atoms with Gasteiger partial charge in [-0.25, -0.2) is 4.98 Å². The van der Waals surface area contributed by atoms with Crippen LogP contribution in [0.15, 0.2) is 66.1 Å². The number of benzene rings is 2. The van der Waals surface area contributed by atoms with Gasteiger partial charge >= 0.3 is 0 Å². The number of hydrogen-bond donors (Lipinski definition) is 0. The normalized spacial score (nSPS) is 14.5. The number of rotatable bonds is 9. The van der Waals surface area contributed by atoms with Gasteiger partial charge in [-0.15, -0.1) is 11.3 Å². The van der Waals surface area contributed by atoms with Crippen LogP contribution in [0.5, 0.6) is 5.75 Å². The number of para-hydroxylation sites is 1. The van der Waals surface area contributed by atoms with Crippen LogP contribution in [0.3, 0.4) is 0 Å². The van der Waals surface area contributed by atoms with E-state index in [1.165, 1.54) is 0 Å². The molecule has 0 N–H and O–H groups in total. The van der Waals surface area contributed by atoms with Crippen molar-refractivity contribution in [1.29, 1.82) is 0 Å². The fourth-order valence-corrected chi connectivity index (χ4v) is 4.20. The standard InChI is InChI=1S/C26H29N3O3S/c1-21-27-23(20-33-21)19-32-25-10-7-22(8-11-25)9-12-26(30)29(24-5-3-2-4-6-24)14-13-28-15-17-31-18-16-28/h2-12,20H,13-19H2,1H3. The summed E-state index contributed by atoms with van der Waals surface area (Å²) < 4.78 is 11.2. The molecule has 1 amide bonds. The Balaban J connectivity index is 1.36. The van der Waals surface area contributed by atoms with E-state index in [1.54, 1.807) is 17.4 Å². The van der Waals surface area contributed by atoms with Crippen LogP contribution in [0.2, 0.25) is 0 Å². The van der Waals surface area contributed by atoms with Crippen LogP contribution in [0.25, 0.3) is 6.08 Å². The molecule has 0 saturated carbocycles. The molecule has 1 fully saturated rings. The molecule has 0 unspecified atom stereocenters. The molecule has 1 aliphatic heterocycles. The fraction of sp³-hybridized carbons (Fsp3) is 0.308. The minimum atomic E-state index is -0.0336. The Morgan fingerprint density at radius 2 is 1.91 bits per heavy atom. The predicted octanol–water partition coefficient (Wildman–Crippen LogP) is 4.41. The minimum Gasteiger partial charge on any atom is -0.487 e. The van der Waals surface area contributed by atoms with Gasteiger partial charge in [-0.3, -0.25) is 9.69 Å². The molecule has 0 bridgehead atoms. The number of ether oxygens (including phenoxy) is 2. The molecule has 7 heteroatoms. The SMILES string of the molecule is Cc1nc(COc2ccc(C=CC(=O)N(CCN3CCOCC3)c3ccccc3)cc2)cs1. The van der Waals surface area contributed by atoms with Crippen molar-refractivity contribution in [2.75, 3.05) is 44.3 Å². The van der Waals surface area contributed by atoms with Gasteiger partial charge in [0.15, 0.2) is 0 Å². The summed E-state index contributed by atoms with van der Waals surface area (Å²) in [4.78, 5) is 21.7. The number of thiazole rings is 1. The summed E-state index contributed by atoms with van der Waals surface area (Å²) in [5.41, 5.74) is 2.79. The number of carbonyl (C=O) groups is 1. The minimum absolute atomic E-state index is 0.0336. The Bertz CT molecular complexity index is 1040. The monoisotopic (exact) mass is 463 g/mol. The lowest BCUT2D eigenvalue weighted by Crippen LogP contribution is -2.42. The Kier molecular flexibility index (Phi) is 8.24. The van der Waals surface area contributed by atoms with Gasteiger partial charge in [-0.1, -0.05) is 30.3 Å². The molecular formula is C26H29N3O3S. The lowest BCUT2D eigenvalue weighted by molar-refractivity contribution is -0.114. The van der Waals surface area contributed by atoms with Crippen LogP contribution in [0.1, 0.15) is 16.3 Å². The van der Waals surface area contributed by atoms with E-state index in [0.29, 0.717) is 13.2 Å². The van der Waals surface area contributed by atoms with Crippen LogP contribution >= 0.6 is 11.3 Å². The molecule has 3 aromatic rings. The van der Waals surface area contributed by atoms with Crippen molar-refractivity contribution in [3.8, 4) is 5.75 Å². The van der Waals surface area contributed by atoms with E-state index in [0.717, 1.165) is 60.5 Å². The van der Waals surface area contributed by atoms with E-state index in [2.05, 4.69) is 9.88 Å². The lowest BCUT2D eigenvalue weighted by atomic mass is 10.2. The second-order valence-electron chi connectivity index (χ2n) is 7.83. The number of nitrogens with zero attached hydrogens (tertiary/aromatic N) is 3. The van der Waals surface area contributed by atoms with Gasteiger partial charge in [0, 0.05) is 43.3 Å². The maximum Gasteiger partial charge on any atom is 0.251 e. The van der Waals surface area contributed by atoms with E-state index in [4.69, 9.17) is 9.47 Å². The summed E-state index contributed by atoms with van der Waals surface area (Å²) in [5.74, 6) is 0.745. The maximum atomic E-state index is 13.1. The molecule has 0 radical (unpaired) electrons. The lowest BCUT2D eigenvalue weighted by Gasteiger charge is -2.29. The van der Waals surface area contributed by atoms with Crippen LogP contribution in [0, 0.1) is 6.92 Å². The molecule has 6 nitrogen and oxygen atoms in total. The first-order valence-electron chi connectivity index (χ1n) is 11.2. The molecule has 33 heavy (non-hydrogen) atoms. The zero-order valence-corrected chi connectivity index (χ0v) is 19.7. The van der Waals surface area contributed by atoms with Crippen molar-refractivity contribution in [3.05, 3.63) is 82.3 Å². The summed E-state index contributed by atoms with van der Waals surface area (Å²) in [6, 6.07) is 17.6. The summed E-state index contributed by atoms with van der Waals surface area (Å²) in [6.07, 6.45) is 3.49. The van der Waals surface area contributed by atoms with Gasteiger partial charge in [-0.2, -0.15) is 0 Å². The summed E-state index contributed by atoms with van der Waals surface area (Å²) >= 11 is 1.62. The third-order valence-corrected chi connectivity index (χ3v) is 6.25. The number of carbonyl (C=O) groups excluding carboxylic acids is 1. The Labute approximate surface area is 199 Å². The highest BCUT2D eigenvalue weighted by Crippen LogP contribution is 2.18. The average molecular weight is 464 g/mol. The highest BCUT2D eigenvalue weighted by molar-refractivity contribution is 7.09. The number of aryl methyl sites for hydroxylation is 1. The third-order valence-electron chi connectivity index (χ3n) is 5.43. The van der Waals surface area contributed by atoms with Crippen molar-refractivity contribution < 1.29 is 14.3 Å². The van der Waals surface area contributed by atoms with Crippen molar-refractivity contribution >= 4 is 29.0 Å². The van der Waals surface area contributed by atoms with E-state index in [-0.39, 0.29) is 5.91 Å². The molecule has 0 atom stereocenters. The maximum absolute atomic E-state index is 13.1. The first-order valence-corrected chi connectivity index (χ1v) is 12.0. The Hall–Kier alpha value is -3.00. The van der Waals surface area contributed by atoms with Crippen molar-refractivity contribution in [2.45, 2.75) is 13.5 Å². The molecule has 1 aromatic heterocycles. The average Bonchev–Trinajstić information content (AvgIpc) is 3.28. The molecule has 2 heterocycles. The Morgan fingerprint density at radius 3 is 2.61 bits per heavy atom. The van der Waals surface area contributed by atoms with Crippen molar-refractivity contribution in [3.63, 3.8) is 0 Å². The van der Waals surface area contributed by atoms with E-state index < -0.39 is 0 Å². The second-order valence-corrected chi connectivity index (χ2v) is 8.89.